The van der Waals surface area contributed by atoms with Crippen LogP contribution in [0.4, 0.5) is 0 Å². The van der Waals surface area contributed by atoms with Gasteiger partial charge in [-0.25, -0.2) is 0 Å². The van der Waals surface area contributed by atoms with Crippen molar-refractivity contribution in [2.45, 2.75) is 78.2 Å². The van der Waals surface area contributed by atoms with Crippen molar-refractivity contribution in [3.05, 3.63) is 10.6 Å². The zero-order valence-corrected chi connectivity index (χ0v) is 20.0. The maximum atomic E-state index is 11.5. The van der Waals surface area contributed by atoms with E-state index in [0.717, 1.165) is 42.7 Å². The number of hydrogen-bond acceptors (Lipinski definition) is 5. The van der Waals surface area contributed by atoms with Crippen LogP contribution in [0.3, 0.4) is 0 Å². The topological polar surface area (TPSA) is 65.0 Å². The fourth-order valence-corrected chi connectivity index (χ4v) is 7.99. The molecule has 3 saturated carbocycles. The molecule has 31 heavy (non-hydrogen) atoms. The van der Waals surface area contributed by atoms with Crippen LogP contribution in [0.5, 0.6) is 0 Å². The van der Waals surface area contributed by atoms with E-state index in [4.69, 9.17) is 16.3 Å². The van der Waals surface area contributed by atoms with E-state index < -0.39 is 0 Å². The van der Waals surface area contributed by atoms with E-state index in [9.17, 15) is 9.59 Å². The summed E-state index contributed by atoms with van der Waals surface area (Å²) in [7, 11) is 1.38. The molecule has 0 spiro atoms. The number of hydrogen-bond donors (Lipinski definition) is 0. The van der Waals surface area contributed by atoms with Crippen molar-refractivity contribution >= 4 is 29.8 Å². The van der Waals surface area contributed by atoms with Crippen LogP contribution in [-0.2, 0) is 19.1 Å². The molecule has 0 unspecified atom stereocenters. The molecule has 4 aliphatic rings. The zero-order valence-electron chi connectivity index (χ0n) is 19.3. The summed E-state index contributed by atoms with van der Waals surface area (Å²) < 4.78 is 10.3. The normalized spacial score (nSPS) is 42.0. The maximum absolute atomic E-state index is 11.5. The predicted octanol–water partition coefficient (Wildman–Crippen LogP) is 5.31. The average Bonchev–Trinajstić information content (AvgIpc) is 2.98. The highest BCUT2D eigenvalue weighted by atomic mass is 35.5. The molecule has 0 aromatic heterocycles. The molecular weight excluding hydrogens is 414 g/mol. The summed E-state index contributed by atoms with van der Waals surface area (Å²) in [5.74, 6) is 2.09. The minimum Gasteiger partial charge on any atom is -0.468 e. The van der Waals surface area contributed by atoms with Crippen LogP contribution in [0.2, 0.25) is 0 Å². The molecule has 4 aliphatic carbocycles. The van der Waals surface area contributed by atoms with Gasteiger partial charge in [-0.1, -0.05) is 25.4 Å². The van der Waals surface area contributed by atoms with Gasteiger partial charge in [-0.15, -0.1) is 0 Å². The van der Waals surface area contributed by atoms with Gasteiger partial charge in [0.25, 0.3) is 0 Å². The molecule has 172 valence electrons. The molecule has 3 fully saturated rings. The Morgan fingerprint density at radius 3 is 2.65 bits per heavy atom. The van der Waals surface area contributed by atoms with Crippen LogP contribution in [0.15, 0.2) is 15.6 Å². The number of fused-ring (bicyclic) bond motifs is 5. The lowest BCUT2D eigenvalue weighted by molar-refractivity contribution is -0.158. The molecule has 5 nitrogen and oxygen atoms in total. The van der Waals surface area contributed by atoms with Crippen LogP contribution in [0, 0.1) is 34.5 Å². The minimum absolute atomic E-state index is 0.0213. The van der Waals surface area contributed by atoms with Crippen molar-refractivity contribution < 1.29 is 19.1 Å². The van der Waals surface area contributed by atoms with Crippen LogP contribution < -0.4 is 0 Å². The second-order valence-corrected chi connectivity index (χ2v) is 11.1. The van der Waals surface area contributed by atoms with Crippen molar-refractivity contribution in [1.82, 2.24) is 0 Å². The Labute approximate surface area is 191 Å². The Bertz CT molecular complexity index is 807. The summed E-state index contributed by atoms with van der Waals surface area (Å²) >= 11 is 6.94. The lowest BCUT2D eigenvalue weighted by Crippen LogP contribution is -2.53. The highest BCUT2D eigenvalue weighted by Gasteiger charge is 2.59. The number of ether oxygens (including phenoxy) is 2. The Morgan fingerprint density at radius 2 is 1.94 bits per heavy atom. The van der Waals surface area contributed by atoms with Gasteiger partial charge in [-0.3, -0.25) is 14.6 Å². The number of carbonyl (C=O) groups excluding carboxylic acids is 2. The quantitative estimate of drug-likeness (QED) is 0.431. The SMILES string of the molecule is COC(=O)CN=CC1=C(Cl)[C@@]2(C)CC[C@H]3[C@@H](CC[C@H]4C[C@@H](OC(C)=O)CC[C@@]43C)[C@@H]2C1. The lowest BCUT2D eigenvalue weighted by Gasteiger charge is -2.60. The molecule has 7 atom stereocenters. The molecule has 0 radical (unpaired) electrons. The first-order valence-corrected chi connectivity index (χ1v) is 12.2. The van der Waals surface area contributed by atoms with Gasteiger partial charge in [-0.05, 0) is 86.0 Å². The second-order valence-electron chi connectivity index (χ2n) is 10.7. The Morgan fingerprint density at radius 1 is 1.16 bits per heavy atom. The van der Waals surface area contributed by atoms with E-state index in [2.05, 4.69) is 23.6 Å². The molecule has 0 N–H and O–H groups in total. The van der Waals surface area contributed by atoms with Crippen LogP contribution in [0.25, 0.3) is 0 Å². The molecule has 0 aromatic rings. The third-order valence-electron chi connectivity index (χ3n) is 9.26. The van der Waals surface area contributed by atoms with Gasteiger partial charge in [0.05, 0.1) is 7.11 Å². The first kappa shape index (κ1) is 22.8. The molecule has 0 aromatic carbocycles. The number of methoxy groups -OCH3 is 1. The lowest BCUT2D eigenvalue weighted by atomic mass is 9.45. The van der Waals surface area contributed by atoms with Crippen molar-refractivity contribution in [3.63, 3.8) is 0 Å². The largest absolute Gasteiger partial charge is 0.468 e. The number of allylic oxidation sites excluding steroid dienone is 2. The number of rotatable bonds is 4. The van der Waals surface area contributed by atoms with Gasteiger partial charge >= 0.3 is 11.9 Å². The van der Waals surface area contributed by atoms with Crippen molar-refractivity contribution in [2.24, 2.45) is 39.5 Å². The van der Waals surface area contributed by atoms with Gasteiger partial charge in [0.15, 0.2) is 0 Å². The predicted molar refractivity (Wildman–Crippen MR) is 121 cm³/mol. The smallest absolute Gasteiger partial charge is 0.327 e. The molecule has 0 saturated heterocycles. The number of carbonyl (C=O) groups is 2. The van der Waals surface area contributed by atoms with Gasteiger partial charge in [-0.2, -0.15) is 0 Å². The standard InChI is InChI=1S/C25H36ClNO4/c1-15(28)31-18-7-9-24(2)17(12-18)5-6-19-20(24)8-10-25(3)21(19)11-16(23(25)26)13-27-14-22(29)30-4/h13,17-21H,5-12,14H2,1-4H3/t17-,18-,19+,20-,21-,24-,25-/m0/s1. The van der Waals surface area contributed by atoms with Gasteiger partial charge in [0, 0.05) is 23.6 Å². The molecule has 0 heterocycles. The number of halogens is 1. The summed E-state index contributed by atoms with van der Waals surface area (Å²) in [4.78, 5) is 27.2. The summed E-state index contributed by atoms with van der Waals surface area (Å²) in [6, 6.07) is 0. The number of nitrogens with zero attached hydrogens (tertiary/aromatic N) is 1. The van der Waals surface area contributed by atoms with Crippen LogP contribution in [0.1, 0.15) is 72.1 Å². The van der Waals surface area contributed by atoms with E-state index in [1.807, 2.05) is 6.21 Å². The minimum atomic E-state index is -0.328. The highest BCUT2D eigenvalue weighted by molar-refractivity contribution is 6.32. The van der Waals surface area contributed by atoms with E-state index in [1.165, 1.54) is 33.3 Å². The Balaban J connectivity index is 1.50. The Kier molecular flexibility index (Phi) is 6.28. The third-order valence-corrected chi connectivity index (χ3v) is 9.93. The van der Waals surface area contributed by atoms with Crippen LogP contribution in [-0.4, -0.2) is 37.9 Å². The number of esters is 2. The molecule has 6 heteroatoms. The monoisotopic (exact) mass is 449 g/mol. The fourth-order valence-electron chi connectivity index (χ4n) is 7.63. The molecule has 0 amide bonds. The average molecular weight is 450 g/mol. The van der Waals surface area contributed by atoms with Gasteiger partial charge in [0.1, 0.15) is 12.6 Å². The van der Waals surface area contributed by atoms with Crippen LogP contribution >= 0.6 is 11.6 Å². The fraction of sp³-hybridized carbons (Fsp3) is 0.800. The second kappa shape index (κ2) is 8.53. The molecule has 4 rings (SSSR count). The highest BCUT2D eigenvalue weighted by Crippen LogP contribution is 2.67. The van der Waals surface area contributed by atoms with Crippen molar-refractivity contribution in [1.29, 1.82) is 0 Å². The van der Waals surface area contributed by atoms with E-state index >= 15 is 0 Å². The molecule has 0 bridgehead atoms. The van der Waals surface area contributed by atoms with Crippen molar-refractivity contribution in [2.75, 3.05) is 13.7 Å². The summed E-state index contributed by atoms with van der Waals surface area (Å²) in [5, 5.41) is 0.954. The van der Waals surface area contributed by atoms with Gasteiger partial charge in [0.2, 0.25) is 0 Å². The van der Waals surface area contributed by atoms with E-state index in [-0.39, 0.29) is 30.0 Å². The summed E-state index contributed by atoms with van der Waals surface area (Å²) in [6.45, 7) is 6.41. The number of aliphatic imine (C=N–C) groups is 1. The summed E-state index contributed by atoms with van der Waals surface area (Å²) in [5.41, 5.74) is 1.45. The van der Waals surface area contributed by atoms with Gasteiger partial charge < -0.3 is 9.47 Å². The molecule has 0 aliphatic heterocycles. The Hall–Kier alpha value is -1.36. The first-order valence-electron chi connectivity index (χ1n) is 11.8. The summed E-state index contributed by atoms with van der Waals surface area (Å²) in [6.07, 6.45) is 10.8. The third kappa shape index (κ3) is 3.96. The van der Waals surface area contributed by atoms with Crippen molar-refractivity contribution in [3.8, 4) is 0 Å². The van der Waals surface area contributed by atoms with E-state index in [0.29, 0.717) is 29.1 Å². The molecular formula is C25H36ClNO4. The first-order chi connectivity index (χ1) is 14.7. The van der Waals surface area contributed by atoms with E-state index in [1.54, 1.807) is 0 Å². The zero-order chi connectivity index (χ0) is 22.4. The maximum Gasteiger partial charge on any atom is 0.327 e.